The Morgan fingerprint density at radius 2 is 1.42 bits per heavy atom. The molecule has 1 aliphatic rings. The second kappa shape index (κ2) is 7.51. The molecule has 0 N–H and O–H groups in total. The van der Waals surface area contributed by atoms with E-state index in [4.69, 9.17) is 15.7 Å². The summed E-state index contributed by atoms with van der Waals surface area (Å²) >= 11 is 7.41. The maximum absolute atomic E-state index is 7.41. The Balaban J connectivity index is 2.73. The van der Waals surface area contributed by atoms with Crippen molar-refractivity contribution in [2.24, 2.45) is 0 Å². The van der Waals surface area contributed by atoms with Gasteiger partial charge in [0.25, 0.3) is 0 Å². The van der Waals surface area contributed by atoms with Crippen LogP contribution in [0.15, 0.2) is 42.2 Å². The third-order valence-electron chi connectivity index (χ3n) is 5.36. The van der Waals surface area contributed by atoms with Gasteiger partial charge in [-0.15, -0.1) is 0 Å². The first kappa shape index (κ1) is 22.4. The lowest BCUT2D eigenvalue weighted by atomic mass is 9.99. The van der Waals surface area contributed by atoms with Gasteiger partial charge in [0.1, 0.15) is 0 Å². The zero-order valence-corrected chi connectivity index (χ0v) is 22.6. The van der Waals surface area contributed by atoms with Gasteiger partial charge in [-0.05, 0) is 38.6 Å². The average Bonchev–Trinajstić information content (AvgIpc) is 2.42. The van der Waals surface area contributed by atoms with Crippen molar-refractivity contribution in [3.8, 4) is 0 Å². The van der Waals surface area contributed by atoms with Crippen molar-refractivity contribution in [1.82, 2.24) is 0 Å². The van der Waals surface area contributed by atoms with E-state index in [-0.39, 0.29) is 4.40 Å². The first-order valence-electron chi connectivity index (χ1n) is 9.58. The summed E-state index contributed by atoms with van der Waals surface area (Å²) in [4.78, 5) is 0. The van der Waals surface area contributed by atoms with E-state index in [1.165, 1.54) is 5.56 Å². The third kappa shape index (κ3) is 4.25. The molecule has 0 fully saturated rings. The molecular formula is C20H36ClOPSi3. The fourth-order valence-electron chi connectivity index (χ4n) is 5.01. The Hall–Kier alpha value is 0.131. The maximum Gasteiger partial charge on any atom is 0.241 e. The number of allylic oxidation sites excluding steroid dienone is 2. The van der Waals surface area contributed by atoms with E-state index in [9.17, 15) is 0 Å². The molecule has 0 aliphatic carbocycles. The van der Waals surface area contributed by atoms with Crippen LogP contribution in [0.4, 0.5) is 0 Å². The standard InChI is InChI=1S/C20H36ClOPSi3/c1-24(2,3)20(25(4,5)6)19(17-13-11-10-12-14-17)15-18(16-23(20)21)22-26(7,8)9/h10-15,19H,16H2,1-9H3/t19-,23-/m0/s1. The van der Waals surface area contributed by atoms with Crippen LogP contribution in [-0.4, -0.2) is 35.0 Å². The highest BCUT2D eigenvalue weighted by Crippen LogP contribution is 2.70. The highest BCUT2D eigenvalue weighted by Gasteiger charge is 2.62. The molecule has 0 spiro atoms. The molecule has 6 heteroatoms. The van der Waals surface area contributed by atoms with Crippen LogP contribution in [0.25, 0.3) is 0 Å². The topological polar surface area (TPSA) is 9.23 Å². The van der Waals surface area contributed by atoms with Crippen molar-refractivity contribution in [3.05, 3.63) is 47.7 Å². The normalized spacial score (nSPS) is 24.2. The molecule has 26 heavy (non-hydrogen) atoms. The zero-order valence-electron chi connectivity index (χ0n) is 18.0. The summed E-state index contributed by atoms with van der Waals surface area (Å²) in [5.41, 5.74) is 1.42. The molecule has 1 aliphatic heterocycles. The third-order valence-corrected chi connectivity index (χ3v) is 25.2. The smallest absolute Gasteiger partial charge is 0.241 e. The van der Waals surface area contributed by atoms with Gasteiger partial charge in [0.05, 0.1) is 21.9 Å². The fraction of sp³-hybridized carbons (Fsp3) is 0.600. The molecule has 2 atom stereocenters. The highest BCUT2D eigenvalue weighted by atomic mass is 35.7. The summed E-state index contributed by atoms with van der Waals surface area (Å²) in [6.45, 7) is 22.0. The van der Waals surface area contributed by atoms with Crippen molar-refractivity contribution in [1.29, 1.82) is 0 Å². The van der Waals surface area contributed by atoms with Gasteiger partial charge in [0.2, 0.25) is 8.32 Å². The molecule has 1 aromatic rings. The van der Waals surface area contributed by atoms with E-state index in [1.807, 2.05) is 0 Å². The van der Waals surface area contributed by atoms with Gasteiger partial charge in [-0.1, -0.05) is 80.9 Å². The van der Waals surface area contributed by atoms with Gasteiger partial charge in [-0.2, -0.15) is 0 Å². The molecule has 146 valence electrons. The minimum absolute atomic E-state index is 0.255. The van der Waals surface area contributed by atoms with Crippen LogP contribution in [0.1, 0.15) is 11.5 Å². The van der Waals surface area contributed by atoms with Crippen molar-refractivity contribution in [2.75, 3.05) is 6.16 Å². The summed E-state index contributed by atoms with van der Waals surface area (Å²) in [6.07, 6.45) is 3.42. The van der Waals surface area contributed by atoms with Crippen LogP contribution >= 0.6 is 18.5 Å². The molecule has 0 saturated carbocycles. The van der Waals surface area contributed by atoms with Gasteiger partial charge < -0.3 is 4.43 Å². The van der Waals surface area contributed by atoms with E-state index in [1.54, 1.807) is 0 Å². The molecule has 0 radical (unpaired) electrons. The molecule has 1 nitrogen and oxygen atoms in total. The average molecular weight is 443 g/mol. The van der Waals surface area contributed by atoms with Gasteiger partial charge in [0.15, 0.2) is 0 Å². The second-order valence-corrected chi connectivity index (χ2v) is 29.8. The lowest BCUT2D eigenvalue weighted by molar-refractivity contribution is 0.418. The molecule has 1 aromatic carbocycles. The van der Waals surface area contributed by atoms with Gasteiger partial charge >= 0.3 is 0 Å². The van der Waals surface area contributed by atoms with Crippen molar-refractivity contribution in [3.63, 3.8) is 0 Å². The van der Waals surface area contributed by atoms with Gasteiger partial charge in [-0.3, -0.25) is 0 Å². The van der Waals surface area contributed by atoms with Crippen LogP contribution in [-0.2, 0) is 4.43 Å². The predicted molar refractivity (Wildman–Crippen MR) is 129 cm³/mol. The number of hydrogen-bond acceptors (Lipinski definition) is 1. The Labute approximate surface area is 170 Å². The SMILES string of the molecule is C[Si](C)(C)OC1=C[C@@H](c2ccccc2)C([Si](C)(C)C)([Si](C)(C)C)[P@@](Cl)C1. The number of rotatable bonds is 5. The molecule has 0 saturated heterocycles. The molecule has 2 rings (SSSR count). The lowest BCUT2D eigenvalue weighted by Crippen LogP contribution is -2.68. The van der Waals surface area contributed by atoms with Crippen LogP contribution in [0.2, 0.25) is 58.9 Å². The quantitative estimate of drug-likeness (QED) is 0.336. The van der Waals surface area contributed by atoms with Crippen molar-refractivity contribution < 1.29 is 4.43 Å². The number of halogens is 1. The number of hydrogen-bond donors (Lipinski definition) is 0. The van der Waals surface area contributed by atoms with Gasteiger partial charge in [0, 0.05) is 16.5 Å². The Morgan fingerprint density at radius 3 is 1.85 bits per heavy atom. The summed E-state index contributed by atoms with van der Waals surface area (Å²) in [5, 5.41) is 0. The van der Waals surface area contributed by atoms with Gasteiger partial charge in [-0.25, -0.2) is 0 Å². The first-order valence-corrected chi connectivity index (χ1v) is 22.4. The van der Waals surface area contributed by atoms with E-state index in [0.717, 1.165) is 11.9 Å². The molecule has 0 bridgehead atoms. The molecule has 1 heterocycles. The molecule has 0 unspecified atom stereocenters. The zero-order chi connectivity index (χ0) is 20.0. The van der Waals surface area contributed by atoms with Crippen LogP contribution in [0.5, 0.6) is 0 Å². The Kier molecular flexibility index (Phi) is 6.48. The predicted octanol–water partition coefficient (Wildman–Crippen LogP) is 7.65. The Morgan fingerprint density at radius 1 is 0.923 bits per heavy atom. The van der Waals surface area contributed by atoms with E-state index >= 15 is 0 Å². The monoisotopic (exact) mass is 442 g/mol. The lowest BCUT2D eigenvalue weighted by Gasteiger charge is -2.60. The van der Waals surface area contributed by atoms with E-state index in [0.29, 0.717) is 5.92 Å². The molecule has 0 amide bonds. The first-order chi connectivity index (χ1) is 11.7. The van der Waals surface area contributed by atoms with E-state index in [2.05, 4.69) is 95.3 Å². The summed E-state index contributed by atoms with van der Waals surface area (Å²) in [7, 11) is -5.42. The minimum Gasteiger partial charge on any atom is -0.547 e. The van der Waals surface area contributed by atoms with E-state index < -0.39 is 31.7 Å². The molecule has 0 aromatic heterocycles. The number of benzene rings is 1. The minimum atomic E-state index is -1.64. The summed E-state index contributed by atoms with van der Waals surface area (Å²) in [6, 6.07) is 11.1. The maximum atomic E-state index is 7.41. The highest BCUT2D eigenvalue weighted by molar-refractivity contribution is 7.89. The fourth-order valence-corrected chi connectivity index (χ4v) is 30.2. The van der Waals surface area contributed by atoms with Crippen LogP contribution in [0, 0.1) is 0 Å². The Bertz CT molecular complexity index is 642. The van der Waals surface area contributed by atoms with Crippen molar-refractivity contribution >= 4 is 43.0 Å². The molecular weight excluding hydrogens is 407 g/mol. The second-order valence-electron chi connectivity index (χ2n) is 10.5. The summed E-state index contributed by atoms with van der Waals surface area (Å²) in [5.74, 6) is 1.54. The summed E-state index contributed by atoms with van der Waals surface area (Å²) < 4.78 is 6.74. The largest absolute Gasteiger partial charge is 0.547 e. The van der Waals surface area contributed by atoms with Crippen LogP contribution < -0.4 is 0 Å². The van der Waals surface area contributed by atoms with Crippen LogP contribution in [0.3, 0.4) is 0 Å². The van der Waals surface area contributed by atoms with Crippen molar-refractivity contribution in [2.45, 2.75) is 69.2 Å².